The van der Waals surface area contributed by atoms with Gasteiger partial charge in [0.05, 0.1) is 7.11 Å². The van der Waals surface area contributed by atoms with Gasteiger partial charge in [-0.3, -0.25) is 0 Å². The Kier molecular flexibility index (Phi) is 4.18. The van der Waals surface area contributed by atoms with E-state index in [0.717, 1.165) is 0 Å². The number of halogens is 1. The predicted octanol–water partition coefficient (Wildman–Crippen LogP) is -1.36. The third-order valence-corrected chi connectivity index (χ3v) is 0.953. The molecule has 0 saturated heterocycles. The van der Waals surface area contributed by atoms with Crippen molar-refractivity contribution in [3.05, 3.63) is 30.1 Å². The minimum absolute atomic E-state index is 0. The van der Waals surface area contributed by atoms with Crippen LogP contribution < -0.4 is 23.6 Å². The summed E-state index contributed by atoms with van der Waals surface area (Å²) in [6, 6.07) is 6.91. The van der Waals surface area contributed by atoms with Crippen molar-refractivity contribution in [3.8, 4) is 5.75 Å². The third-order valence-electron chi connectivity index (χ3n) is 0.953. The molecule has 1 aromatic rings. The standard InChI is InChI=1S/C7H6FO.Li/c1-9-7-4-2-3-6(8)5-7;/h2-4H,1H3;/q-1;+1. The molecule has 0 amide bonds. The fourth-order valence-electron chi connectivity index (χ4n) is 0.540. The minimum atomic E-state index is -0.394. The van der Waals surface area contributed by atoms with Crippen LogP contribution in [0.1, 0.15) is 0 Å². The third kappa shape index (κ3) is 2.43. The number of methoxy groups -OCH3 is 1. The molecule has 0 spiro atoms. The molecule has 3 heteroatoms. The molecular weight excluding hydrogens is 126 g/mol. The van der Waals surface area contributed by atoms with Crippen LogP contribution in [0.15, 0.2) is 18.2 Å². The van der Waals surface area contributed by atoms with E-state index in [9.17, 15) is 4.39 Å². The Bertz CT molecular complexity index is 203. The molecule has 0 fully saturated rings. The Morgan fingerprint density at radius 2 is 2.20 bits per heavy atom. The van der Waals surface area contributed by atoms with Crippen molar-refractivity contribution in [2.75, 3.05) is 7.11 Å². The first kappa shape index (κ1) is 9.55. The van der Waals surface area contributed by atoms with Crippen LogP contribution in [0, 0.1) is 11.9 Å². The molecule has 0 aromatic heterocycles. The monoisotopic (exact) mass is 132 g/mol. The number of ether oxygens (including phenoxy) is 1. The Morgan fingerprint density at radius 3 is 2.60 bits per heavy atom. The van der Waals surface area contributed by atoms with Crippen LogP contribution in [-0.2, 0) is 0 Å². The summed E-state index contributed by atoms with van der Waals surface area (Å²) in [6.07, 6.45) is 0. The molecule has 10 heavy (non-hydrogen) atoms. The summed E-state index contributed by atoms with van der Waals surface area (Å²) >= 11 is 0. The smallest absolute Gasteiger partial charge is 0.523 e. The van der Waals surface area contributed by atoms with Crippen molar-refractivity contribution < 1.29 is 28.0 Å². The van der Waals surface area contributed by atoms with E-state index >= 15 is 0 Å². The van der Waals surface area contributed by atoms with E-state index in [2.05, 4.69) is 6.07 Å². The molecule has 48 valence electrons. The first-order valence-corrected chi connectivity index (χ1v) is 2.55. The SMILES string of the molecule is COc1[c-]c(F)ccc1.[Li+]. The number of hydrogen-bond acceptors (Lipinski definition) is 1. The molecule has 0 unspecified atom stereocenters. The second kappa shape index (κ2) is 4.38. The molecule has 0 N–H and O–H groups in total. The zero-order chi connectivity index (χ0) is 6.69. The molecule has 0 aliphatic rings. The van der Waals surface area contributed by atoms with Crippen molar-refractivity contribution in [2.24, 2.45) is 0 Å². The first-order chi connectivity index (χ1) is 4.33. The summed E-state index contributed by atoms with van der Waals surface area (Å²) in [4.78, 5) is 0. The average molecular weight is 132 g/mol. The second-order valence-corrected chi connectivity index (χ2v) is 1.57. The largest absolute Gasteiger partial charge is 1.00 e. The van der Waals surface area contributed by atoms with Crippen LogP contribution in [0.5, 0.6) is 5.75 Å². The molecule has 0 atom stereocenters. The molecule has 0 saturated carbocycles. The van der Waals surface area contributed by atoms with Crippen molar-refractivity contribution in [1.29, 1.82) is 0 Å². The van der Waals surface area contributed by atoms with Gasteiger partial charge < -0.3 is 4.74 Å². The van der Waals surface area contributed by atoms with E-state index in [-0.39, 0.29) is 18.9 Å². The summed E-state index contributed by atoms with van der Waals surface area (Å²) in [7, 11) is 1.48. The van der Waals surface area contributed by atoms with Crippen LogP contribution in [0.3, 0.4) is 0 Å². The molecular formula is C7H6FLiO. The summed E-state index contributed by atoms with van der Waals surface area (Å²) in [5.41, 5.74) is 0. The fraction of sp³-hybridized carbons (Fsp3) is 0.143. The zero-order valence-electron chi connectivity index (χ0n) is 6.02. The van der Waals surface area contributed by atoms with Gasteiger partial charge >= 0.3 is 18.9 Å². The van der Waals surface area contributed by atoms with Gasteiger partial charge in [0, 0.05) is 11.6 Å². The molecule has 0 aliphatic heterocycles. The summed E-state index contributed by atoms with van der Waals surface area (Å²) in [5.74, 6) is 0.0318. The Hall–Kier alpha value is -0.453. The number of hydrogen-bond donors (Lipinski definition) is 0. The van der Waals surface area contributed by atoms with E-state index in [4.69, 9.17) is 4.74 Å². The topological polar surface area (TPSA) is 9.23 Å². The first-order valence-electron chi connectivity index (χ1n) is 2.55. The van der Waals surface area contributed by atoms with Crippen molar-refractivity contribution in [2.45, 2.75) is 0 Å². The Labute approximate surface area is 71.4 Å². The predicted molar refractivity (Wildman–Crippen MR) is 31.8 cm³/mol. The van der Waals surface area contributed by atoms with Crippen LogP contribution in [-0.4, -0.2) is 7.11 Å². The molecule has 0 aliphatic carbocycles. The second-order valence-electron chi connectivity index (χ2n) is 1.57. The normalized spacial score (nSPS) is 8.20. The average Bonchev–Trinajstić information content (AvgIpc) is 1.88. The summed E-state index contributed by atoms with van der Waals surface area (Å²) < 4.78 is 16.9. The van der Waals surface area contributed by atoms with E-state index in [0.29, 0.717) is 5.75 Å². The van der Waals surface area contributed by atoms with Gasteiger partial charge in [-0.1, -0.05) is 0 Å². The van der Waals surface area contributed by atoms with Crippen molar-refractivity contribution in [1.82, 2.24) is 0 Å². The maximum atomic E-state index is 12.2. The van der Waals surface area contributed by atoms with Gasteiger partial charge in [-0.25, -0.2) is 4.39 Å². The number of benzene rings is 1. The van der Waals surface area contributed by atoms with Crippen LogP contribution in [0.4, 0.5) is 4.39 Å². The van der Waals surface area contributed by atoms with Gasteiger partial charge in [0.15, 0.2) is 0 Å². The summed E-state index contributed by atoms with van der Waals surface area (Å²) in [6.45, 7) is 0. The van der Waals surface area contributed by atoms with Crippen LogP contribution in [0.2, 0.25) is 0 Å². The minimum Gasteiger partial charge on any atom is -0.523 e. The molecule has 1 rings (SSSR count). The van der Waals surface area contributed by atoms with Gasteiger partial charge in [-0.15, -0.1) is 18.2 Å². The zero-order valence-corrected chi connectivity index (χ0v) is 6.02. The van der Waals surface area contributed by atoms with E-state index in [1.165, 1.54) is 13.2 Å². The maximum absolute atomic E-state index is 12.2. The quantitative estimate of drug-likeness (QED) is 0.338. The van der Waals surface area contributed by atoms with Gasteiger partial charge in [-0.2, -0.15) is 6.07 Å². The van der Waals surface area contributed by atoms with E-state index in [1.54, 1.807) is 12.1 Å². The number of rotatable bonds is 1. The molecule has 1 aromatic carbocycles. The van der Waals surface area contributed by atoms with Crippen molar-refractivity contribution in [3.63, 3.8) is 0 Å². The molecule has 0 bridgehead atoms. The fourth-order valence-corrected chi connectivity index (χ4v) is 0.540. The van der Waals surface area contributed by atoms with Crippen LogP contribution >= 0.6 is 0 Å². The van der Waals surface area contributed by atoms with E-state index in [1.807, 2.05) is 0 Å². The maximum Gasteiger partial charge on any atom is 1.00 e. The Morgan fingerprint density at radius 1 is 1.50 bits per heavy atom. The van der Waals surface area contributed by atoms with Crippen LogP contribution in [0.25, 0.3) is 0 Å². The molecule has 1 nitrogen and oxygen atoms in total. The Balaban J connectivity index is 0.000000810. The van der Waals surface area contributed by atoms with Gasteiger partial charge in [-0.05, 0) is 0 Å². The van der Waals surface area contributed by atoms with E-state index < -0.39 is 5.82 Å². The van der Waals surface area contributed by atoms with Crippen molar-refractivity contribution >= 4 is 0 Å². The molecule has 0 heterocycles. The summed E-state index contributed by atoms with van der Waals surface area (Å²) in [5, 5.41) is 0. The van der Waals surface area contributed by atoms with Gasteiger partial charge in [0.1, 0.15) is 0 Å². The van der Waals surface area contributed by atoms with Gasteiger partial charge in [0.25, 0.3) is 0 Å². The molecule has 0 radical (unpaired) electrons. The van der Waals surface area contributed by atoms with Gasteiger partial charge in [0.2, 0.25) is 0 Å².